The van der Waals surface area contributed by atoms with Crippen molar-refractivity contribution in [2.75, 3.05) is 7.04 Å². The van der Waals surface area contributed by atoms with Gasteiger partial charge in [0.2, 0.25) is 0 Å². The molecule has 0 saturated carbocycles. The lowest BCUT2D eigenvalue weighted by Gasteiger charge is -2.10. The van der Waals surface area contributed by atoms with Crippen molar-refractivity contribution in [3.63, 3.8) is 0 Å². The highest BCUT2D eigenvalue weighted by atomic mass is 79.9. The molecular formula is C21H16BrFN2O2. The summed E-state index contributed by atoms with van der Waals surface area (Å²) in [5.41, 5.74) is -0.195. The van der Waals surface area contributed by atoms with E-state index in [2.05, 4.69) is 21.0 Å². The number of hydrogen-bond donors (Lipinski definition) is 0. The Morgan fingerprint density at radius 3 is 2.85 bits per heavy atom. The topological polar surface area (TPSA) is 36.3 Å². The van der Waals surface area contributed by atoms with Gasteiger partial charge in [-0.25, -0.2) is 9.07 Å². The number of rotatable bonds is 5. The normalized spacial score (nSPS) is 16.1. The van der Waals surface area contributed by atoms with Gasteiger partial charge in [-0.2, -0.15) is 5.10 Å². The lowest BCUT2D eigenvalue weighted by atomic mass is 10.2. The summed E-state index contributed by atoms with van der Waals surface area (Å²) in [6.45, 7) is -0.116. The molecule has 0 spiro atoms. The molecule has 0 unspecified atom stereocenters. The van der Waals surface area contributed by atoms with Crippen LogP contribution in [0.25, 0.3) is 16.6 Å². The van der Waals surface area contributed by atoms with Crippen LogP contribution in [0.5, 0.6) is 11.5 Å². The molecule has 0 amide bonds. The third-order valence-corrected chi connectivity index (χ3v) is 4.05. The Kier molecular flexibility index (Phi) is 2.71. The monoisotopic (exact) mass is 435 g/mol. The molecule has 0 radical (unpaired) electrons. The molecule has 6 heteroatoms. The van der Waals surface area contributed by atoms with Crippen molar-refractivity contribution in [1.82, 2.24) is 9.78 Å². The Morgan fingerprint density at radius 2 is 2.04 bits per heavy atom. The van der Waals surface area contributed by atoms with Gasteiger partial charge in [-0.3, -0.25) is 0 Å². The molecule has 136 valence electrons. The van der Waals surface area contributed by atoms with E-state index in [1.807, 2.05) is 0 Å². The summed E-state index contributed by atoms with van der Waals surface area (Å²) in [5, 5.41) is 3.54. The average molecular weight is 436 g/mol. The Balaban J connectivity index is 1.94. The molecular weight excluding hydrogens is 411 g/mol. The molecule has 0 aliphatic rings. The minimum Gasteiger partial charge on any atom is -0.496 e. The van der Waals surface area contributed by atoms with Crippen LogP contribution < -0.4 is 9.47 Å². The summed E-state index contributed by atoms with van der Waals surface area (Å²) < 4.78 is 98.1. The molecule has 0 aliphatic carbocycles. The van der Waals surface area contributed by atoms with E-state index in [0.717, 1.165) is 4.68 Å². The van der Waals surface area contributed by atoms with Crippen LogP contribution in [0, 0.1) is 5.82 Å². The van der Waals surface area contributed by atoms with E-state index in [1.54, 1.807) is 30.3 Å². The second-order valence-corrected chi connectivity index (χ2v) is 6.18. The van der Waals surface area contributed by atoms with Crippen molar-refractivity contribution in [3.05, 3.63) is 82.6 Å². The Bertz CT molecular complexity index is 1460. The second-order valence-electron chi connectivity index (χ2n) is 5.38. The third kappa shape index (κ3) is 3.53. The molecule has 27 heavy (non-hydrogen) atoms. The van der Waals surface area contributed by atoms with E-state index in [4.69, 9.17) is 21.8 Å². The van der Waals surface area contributed by atoms with E-state index in [1.165, 1.54) is 0 Å². The fraction of sp³-hybridized carbons (Fsp3) is 0.0952. The van der Waals surface area contributed by atoms with E-state index in [0.29, 0.717) is 5.56 Å². The Labute approximate surface area is 176 Å². The Hall–Kier alpha value is -2.86. The van der Waals surface area contributed by atoms with Gasteiger partial charge in [0, 0.05) is 10.5 Å². The number of benzene rings is 3. The minimum absolute atomic E-state index is 0.116. The smallest absolute Gasteiger partial charge is 0.167 e. The van der Waals surface area contributed by atoms with Crippen LogP contribution in [-0.2, 0) is 6.61 Å². The lowest BCUT2D eigenvalue weighted by molar-refractivity contribution is 0.290. The van der Waals surface area contributed by atoms with Gasteiger partial charge in [-0.1, -0.05) is 46.3 Å². The molecule has 0 fully saturated rings. The first-order valence-electron chi connectivity index (χ1n) is 12.2. The molecule has 3 aromatic carbocycles. The van der Waals surface area contributed by atoms with Crippen molar-refractivity contribution in [1.29, 1.82) is 0 Å². The summed E-state index contributed by atoms with van der Waals surface area (Å²) in [7, 11) is -3.00. The summed E-state index contributed by atoms with van der Waals surface area (Å²) >= 11 is 3.03. The zero-order valence-corrected chi connectivity index (χ0v) is 15.1. The molecule has 1 heterocycles. The average Bonchev–Trinajstić information content (AvgIpc) is 3.16. The largest absolute Gasteiger partial charge is 0.496 e. The van der Waals surface area contributed by atoms with Crippen LogP contribution in [0.3, 0.4) is 0 Å². The number of methoxy groups -OCH3 is 1. The first kappa shape index (κ1) is 9.90. The highest BCUT2D eigenvalue weighted by Gasteiger charge is 2.13. The number of fused-ring (bicyclic) bond motifs is 1. The van der Waals surface area contributed by atoms with Crippen molar-refractivity contribution in [2.24, 2.45) is 0 Å². The molecule has 0 bridgehead atoms. The maximum atomic E-state index is 15.3. The fourth-order valence-corrected chi connectivity index (χ4v) is 2.78. The van der Waals surface area contributed by atoms with Gasteiger partial charge in [-0.15, -0.1) is 0 Å². The van der Waals surface area contributed by atoms with Gasteiger partial charge in [0.05, 0.1) is 42.1 Å². The van der Waals surface area contributed by atoms with Gasteiger partial charge < -0.3 is 9.47 Å². The number of aromatic nitrogens is 2. The molecule has 1 aromatic heterocycles. The van der Waals surface area contributed by atoms with Crippen molar-refractivity contribution in [3.8, 4) is 17.2 Å². The highest BCUT2D eigenvalue weighted by molar-refractivity contribution is 9.10. The molecule has 0 atom stereocenters. The quantitative estimate of drug-likeness (QED) is 0.414. The number of nitrogens with zero attached hydrogens (tertiary/aromatic N) is 2. The van der Waals surface area contributed by atoms with Gasteiger partial charge in [-0.05, 0) is 29.7 Å². The predicted octanol–water partition coefficient (Wildman–Crippen LogP) is 5.51. The van der Waals surface area contributed by atoms with Crippen LogP contribution in [0.15, 0.2) is 71.2 Å². The summed E-state index contributed by atoms with van der Waals surface area (Å²) in [5.74, 6) is -2.44. The maximum absolute atomic E-state index is 15.3. The van der Waals surface area contributed by atoms with Crippen LogP contribution in [0.4, 0.5) is 4.39 Å². The van der Waals surface area contributed by atoms with Crippen LogP contribution in [-0.4, -0.2) is 16.8 Å². The standard InChI is InChI=1S/C21H16BrFN2O2/c1-26-21-10-15(22)9-19-17(21)12-24-25(19)16-7-8-20(18(23)11-16)27-13-14-5-3-2-4-6-14/h2-12H,13H2,1H3/i1D3,7D,8D,9D,10D,11D,12D. The maximum Gasteiger partial charge on any atom is 0.167 e. The van der Waals surface area contributed by atoms with E-state index < -0.39 is 66.4 Å². The second kappa shape index (κ2) is 7.40. The molecule has 0 N–H and O–H groups in total. The van der Waals surface area contributed by atoms with Gasteiger partial charge >= 0.3 is 0 Å². The molecule has 0 aliphatic heterocycles. The Morgan fingerprint density at radius 1 is 1.19 bits per heavy atom. The van der Waals surface area contributed by atoms with Gasteiger partial charge in [0.25, 0.3) is 0 Å². The van der Waals surface area contributed by atoms with E-state index in [-0.39, 0.29) is 22.0 Å². The van der Waals surface area contributed by atoms with Crippen LogP contribution in [0.1, 0.15) is 17.9 Å². The van der Waals surface area contributed by atoms with Crippen molar-refractivity contribution >= 4 is 26.8 Å². The zero-order valence-electron chi connectivity index (χ0n) is 22.6. The van der Waals surface area contributed by atoms with Crippen LogP contribution >= 0.6 is 15.9 Å². The SMILES string of the molecule is [2H]c1c([2H])c(-n2nc([2H])c3c(OC([2H])([2H])[2H])c([2H])c(Br)c([2H])c32)c([2H])c(F)c1OCc1ccccc1. The third-order valence-electron chi connectivity index (χ3n) is 3.65. The first-order chi connectivity index (χ1) is 16.8. The number of hydrogen-bond acceptors (Lipinski definition) is 3. The summed E-state index contributed by atoms with van der Waals surface area (Å²) in [4.78, 5) is 0. The molecule has 4 rings (SSSR count). The molecule has 4 nitrogen and oxygen atoms in total. The van der Waals surface area contributed by atoms with E-state index >= 15 is 4.39 Å². The fourth-order valence-electron chi connectivity index (χ4n) is 2.42. The van der Waals surface area contributed by atoms with Crippen molar-refractivity contribution < 1.29 is 26.2 Å². The van der Waals surface area contributed by atoms with Gasteiger partial charge in [0.1, 0.15) is 12.4 Å². The summed E-state index contributed by atoms with van der Waals surface area (Å²) in [6, 6.07) is 5.52. The molecule has 4 aromatic rings. The number of halogens is 2. The minimum atomic E-state index is -3.00. The highest BCUT2D eigenvalue weighted by Crippen LogP contribution is 2.32. The van der Waals surface area contributed by atoms with Gasteiger partial charge in [0.15, 0.2) is 11.6 Å². The number of ether oxygens (including phenoxy) is 2. The molecule has 0 saturated heterocycles. The first-order valence-corrected chi connectivity index (χ1v) is 8.46. The summed E-state index contributed by atoms with van der Waals surface area (Å²) in [6.07, 6.45) is -0.631. The lowest BCUT2D eigenvalue weighted by Crippen LogP contribution is -2.00. The van der Waals surface area contributed by atoms with E-state index in [9.17, 15) is 0 Å². The predicted molar refractivity (Wildman–Crippen MR) is 106 cm³/mol. The van der Waals surface area contributed by atoms with Crippen LogP contribution in [0.2, 0.25) is 0 Å². The van der Waals surface area contributed by atoms with Crippen molar-refractivity contribution in [2.45, 2.75) is 6.61 Å². The zero-order chi connectivity index (χ0) is 26.5.